The van der Waals surface area contributed by atoms with Crippen LogP contribution < -0.4 is 10.6 Å². The Kier molecular flexibility index (Phi) is 7.59. The average molecular weight is 514 g/mol. The van der Waals surface area contributed by atoms with Gasteiger partial charge >= 0.3 is 0 Å². The molecule has 4 rings (SSSR count). The first-order valence-corrected chi connectivity index (χ1v) is 13.1. The fourth-order valence-electron chi connectivity index (χ4n) is 4.34. The molecule has 0 bridgehead atoms. The van der Waals surface area contributed by atoms with Crippen LogP contribution in [0.5, 0.6) is 0 Å². The zero-order chi connectivity index (χ0) is 25.3. The van der Waals surface area contributed by atoms with Gasteiger partial charge in [0.2, 0.25) is 0 Å². The molecule has 2 atom stereocenters. The van der Waals surface area contributed by atoms with E-state index in [-0.39, 0.29) is 11.9 Å². The highest BCUT2D eigenvalue weighted by molar-refractivity contribution is 7.21. The normalized spacial score (nSPS) is 13.3. The Labute approximate surface area is 214 Å². The lowest BCUT2D eigenvalue weighted by Crippen LogP contribution is -2.37. The Morgan fingerprint density at radius 1 is 1.20 bits per heavy atom. The van der Waals surface area contributed by atoms with Crippen LogP contribution in [-0.4, -0.2) is 64.0 Å². The number of aromatic nitrogens is 4. The van der Waals surface area contributed by atoms with E-state index in [1.807, 2.05) is 25.4 Å². The quantitative estimate of drug-likeness (QED) is 0.314. The third-order valence-corrected chi connectivity index (χ3v) is 7.94. The Bertz CT molecular complexity index is 1350. The van der Waals surface area contributed by atoms with E-state index in [1.54, 1.807) is 20.3 Å². The molecule has 0 unspecified atom stereocenters. The third kappa shape index (κ3) is 4.98. The van der Waals surface area contributed by atoms with Gasteiger partial charge in [0.05, 0.1) is 21.4 Å². The van der Waals surface area contributed by atoms with E-state index in [1.165, 1.54) is 16.2 Å². The molecule has 10 heteroatoms. The number of halogens is 1. The number of anilines is 1. The number of amides is 1. The van der Waals surface area contributed by atoms with E-state index in [4.69, 9.17) is 27.3 Å². The summed E-state index contributed by atoms with van der Waals surface area (Å²) in [6.07, 6.45) is 7.68. The molecule has 3 aromatic heterocycles. The molecule has 1 aromatic carbocycles. The molecule has 3 N–H and O–H groups in total. The molecule has 0 saturated carbocycles. The zero-order valence-corrected chi connectivity index (χ0v) is 22.4. The van der Waals surface area contributed by atoms with E-state index in [0.29, 0.717) is 27.2 Å². The van der Waals surface area contributed by atoms with Crippen molar-refractivity contribution in [1.29, 1.82) is 0 Å². The minimum absolute atomic E-state index is 0.139. The van der Waals surface area contributed by atoms with Gasteiger partial charge in [0.15, 0.2) is 10.7 Å². The van der Waals surface area contributed by atoms with Gasteiger partial charge in [-0.25, -0.2) is 15.0 Å². The van der Waals surface area contributed by atoms with E-state index in [0.717, 1.165) is 52.8 Å². The van der Waals surface area contributed by atoms with Gasteiger partial charge in [-0.3, -0.25) is 4.79 Å². The number of thiazole rings is 1. The lowest BCUT2D eigenvalue weighted by molar-refractivity contribution is 0.0827. The summed E-state index contributed by atoms with van der Waals surface area (Å²) in [5, 5.41) is 0.970. The second-order valence-corrected chi connectivity index (χ2v) is 10.5. The number of H-pyrrole nitrogens is 1. The van der Waals surface area contributed by atoms with Gasteiger partial charge in [-0.1, -0.05) is 37.9 Å². The first-order chi connectivity index (χ1) is 16.7. The topological polar surface area (TPSA) is 104 Å². The molecular formula is C25H32ClN7OS. The second kappa shape index (κ2) is 10.5. The number of nitrogens with one attached hydrogen (secondary N) is 1. The van der Waals surface area contributed by atoms with Gasteiger partial charge in [0.1, 0.15) is 11.3 Å². The van der Waals surface area contributed by atoms with Crippen molar-refractivity contribution in [1.82, 2.24) is 24.8 Å². The number of nitrogens with two attached hydrogens (primary N) is 1. The number of fused-ring (bicyclic) bond motifs is 2. The van der Waals surface area contributed by atoms with Crippen molar-refractivity contribution in [2.24, 2.45) is 5.73 Å². The van der Waals surface area contributed by atoms with Crippen LogP contribution in [0.3, 0.4) is 0 Å². The van der Waals surface area contributed by atoms with Crippen molar-refractivity contribution in [3.8, 4) is 11.1 Å². The van der Waals surface area contributed by atoms with Crippen LogP contribution in [0.2, 0.25) is 5.02 Å². The Hall–Kier alpha value is -2.75. The number of rotatable bonds is 9. The summed E-state index contributed by atoms with van der Waals surface area (Å²) in [4.78, 5) is 33.4. The van der Waals surface area contributed by atoms with Crippen LogP contribution in [0.1, 0.15) is 49.3 Å². The van der Waals surface area contributed by atoms with Crippen molar-refractivity contribution >= 4 is 56.0 Å². The Morgan fingerprint density at radius 3 is 2.66 bits per heavy atom. The van der Waals surface area contributed by atoms with Gasteiger partial charge in [0, 0.05) is 50.6 Å². The molecule has 3 heterocycles. The molecule has 0 aliphatic carbocycles. The van der Waals surface area contributed by atoms with Crippen LogP contribution in [0, 0.1) is 0 Å². The van der Waals surface area contributed by atoms with Crippen molar-refractivity contribution in [2.75, 3.05) is 26.0 Å². The van der Waals surface area contributed by atoms with Gasteiger partial charge in [-0.05, 0) is 25.3 Å². The summed E-state index contributed by atoms with van der Waals surface area (Å²) in [5.41, 5.74) is 10.1. The SMILES string of the molecule is CCC[C@@H](N)C[C@H](CC)N(C)c1cnc2c(-c3ccc4nc(C(=O)N(C)C)sc4c3Cl)c[nH]c2n1. The summed E-state index contributed by atoms with van der Waals surface area (Å²) >= 11 is 8.11. The summed E-state index contributed by atoms with van der Waals surface area (Å²) < 4.78 is 0.780. The number of nitrogens with zero attached hydrogens (tertiary/aromatic N) is 5. The molecule has 35 heavy (non-hydrogen) atoms. The monoisotopic (exact) mass is 513 g/mol. The highest BCUT2D eigenvalue weighted by Gasteiger charge is 2.21. The predicted octanol–water partition coefficient (Wildman–Crippen LogP) is 5.32. The maximum Gasteiger partial charge on any atom is 0.282 e. The molecular weight excluding hydrogens is 482 g/mol. The lowest BCUT2D eigenvalue weighted by atomic mass is 10.0. The molecule has 8 nitrogen and oxygen atoms in total. The van der Waals surface area contributed by atoms with E-state index < -0.39 is 0 Å². The molecule has 186 valence electrons. The second-order valence-electron chi connectivity index (χ2n) is 9.08. The lowest BCUT2D eigenvalue weighted by Gasteiger charge is -2.30. The fraction of sp³-hybridized carbons (Fsp3) is 0.440. The van der Waals surface area contributed by atoms with Crippen LogP contribution in [0.4, 0.5) is 5.82 Å². The molecule has 1 amide bonds. The predicted molar refractivity (Wildman–Crippen MR) is 146 cm³/mol. The van der Waals surface area contributed by atoms with Gasteiger partial charge in [-0.15, -0.1) is 11.3 Å². The van der Waals surface area contributed by atoms with Crippen LogP contribution in [0.15, 0.2) is 24.5 Å². The standard InChI is InChI=1S/C25H32ClN7OS/c1-6-8-14(27)11-15(7-2)33(5)19-13-28-21-17(12-29-23(21)31-19)16-9-10-18-22(20(16)26)35-24(30-18)25(34)32(3)4/h9-10,12-15H,6-8,11,27H2,1-5H3,(H,29,31)/t14-,15+/m1/s1. The third-order valence-electron chi connectivity index (χ3n) is 6.36. The largest absolute Gasteiger partial charge is 0.355 e. The minimum Gasteiger partial charge on any atom is -0.355 e. The Morgan fingerprint density at radius 2 is 1.97 bits per heavy atom. The summed E-state index contributed by atoms with van der Waals surface area (Å²) in [7, 11) is 5.47. The smallest absolute Gasteiger partial charge is 0.282 e. The zero-order valence-electron chi connectivity index (χ0n) is 20.8. The van der Waals surface area contributed by atoms with E-state index in [2.05, 4.69) is 28.7 Å². The van der Waals surface area contributed by atoms with Crippen molar-refractivity contribution in [2.45, 2.75) is 51.6 Å². The number of hydrogen-bond donors (Lipinski definition) is 2. The highest BCUT2D eigenvalue weighted by atomic mass is 35.5. The highest BCUT2D eigenvalue weighted by Crippen LogP contribution is 2.39. The number of carbonyl (C=O) groups is 1. The average Bonchev–Trinajstić information content (AvgIpc) is 3.46. The molecule has 0 radical (unpaired) electrons. The molecule has 0 aliphatic heterocycles. The molecule has 0 aliphatic rings. The van der Waals surface area contributed by atoms with Crippen molar-refractivity contribution in [3.05, 3.63) is 34.6 Å². The summed E-state index contributed by atoms with van der Waals surface area (Å²) in [6.45, 7) is 4.33. The molecule has 0 fully saturated rings. The van der Waals surface area contributed by atoms with Gasteiger partial charge in [0.25, 0.3) is 5.91 Å². The van der Waals surface area contributed by atoms with E-state index >= 15 is 0 Å². The maximum absolute atomic E-state index is 12.4. The fourth-order valence-corrected chi connectivity index (χ4v) is 5.74. The van der Waals surface area contributed by atoms with Crippen LogP contribution in [0.25, 0.3) is 32.5 Å². The van der Waals surface area contributed by atoms with Crippen LogP contribution >= 0.6 is 22.9 Å². The minimum atomic E-state index is -0.139. The number of carbonyl (C=O) groups excluding carboxylic acids is 1. The van der Waals surface area contributed by atoms with Crippen molar-refractivity contribution < 1.29 is 4.79 Å². The molecule has 4 aromatic rings. The molecule has 0 saturated heterocycles. The number of benzene rings is 1. The van der Waals surface area contributed by atoms with Gasteiger partial charge < -0.3 is 20.5 Å². The Balaban J connectivity index is 1.66. The number of aromatic amines is 1. The van der Waals surface area contributed by atoms with Crippen LogP contribution in [-0.2, 0) is 0 Å². The summed E-state index contributed by atoms with van der Waals surface area (Å²) in [5.74, 6) is 0.664. The maximum atomic E-state index is 12.4. The molecule has 0 spiro atoms. The first kappa shape index (κ1) is 25.3. The van der Waals surface area contributed by atoms with Gasteiger partial charge in [-0.2, -0.15) is 0 Å². The summed E-state index contributed by atoms with van der Waals surface area (Å²) in [6, 6.07) is 4.28. The first-order valence-electron chi connectivity index (χ1n) is 11.9. The van der Waals surface area contributed by atoms with Crippen molar-refractivity contribution in [3.63, 3.8) is 0 Å². The number of hydrogen-bond acceptors (Lipinski definition) is 7. The van der Waals surface area contributed by atoms with E-state index in [9.17, 15) is 4.79 Å².